The number of carbonyl (C=O) groups is 1. The fourth-order valence-electron chi connectivity index (χ4n) is 2.02. The van der Waals surface area contributed by atoms with Gasteiger partial charge in [-0.1, -0.05) is 13.8 Å². The van der Waals surface area contributed by atoms with Gasteiger partial charge < -0.3 is 15.5 Å². The van der Waals surface area contributed by atoms with E-state index in [-0.39, 0.29) is 6.54 Å². The molecular formula is C12H23NO3. The fraction of sp³-hybridized carbons (Fsp3) is 0.917. The summed E-state index contributed by atoms with van der Waals surface area (Å²) in [5, 5.41) is 21.5. The average molecular weight is 229 g/mol. The molecule has 0 aromatic rings. The van der Waals surface area contributed by atoms with E-state index in [1.807, 2.05) is 0 Å². The predicted octanol–water partition coefficient (Wildman–Crippen LogP) is 1.38. The van der Waals surface area contributed by atoms with Crippen LogP contribution < -0.4 is 5.32 Å². The summed E-state index contributed by atoms with van der Waals surface area (Å²) in [5.74, 6) is -1.17. The van der Waals surface area contributed by atoms with E-state index in [1.165, 1.54) is 6.92 Å². The standard InChI is InChI=1S/C12H23NO3/c1-11(2)6-4-9(5-7-11)13-8-12(3,16)10(14)15/h9,13,16H,4-8H2,1-3H3,(H,14,15). The molecule has 4 nitrogen and oxygen atoms in total. The van der Waals surface area contributed by atoms with Crippen LogP contribution in [0.4, 0.5) is 0 Å². The van der Waals surface area contributed by atoms with Crippen molar-refractivity contribution >= 4 is 5.97 Å². The van der Waals surface area contributed by atoms with Crippen LogP contribution in [0.3, 0.4) is 0 Å². The first-order valence-electron chi connectivity index (χ1n) is 5.92. The Balaban J connectivity index is 2.33. The Morgan fingerprint density at radius 3 is 2.38 bits per heavy atom. The minimum absolute atomic E-state index is 0.118. The van der Waals surface area contributed by atoms with Gasteiger partial charge in [0.05, 0.1) is 0 Å². The molecule has 4 heteroatoms. The Morgan fingerprint density at radius 1 is 1.44 bits per heavy atom. The summed E-state index contributed by atoms with van der Waals surface area (Å²) >= 11 is 0. The van der Waals surface area contributed by atoms with Gasteiger partial charge in [0.15, 0.2) is 5.60 Å². The van der Waals surface area contributed by atoms with Crippen LogP contribution in [0.2, 0.25) is 0 Å². The lowest BCUT2D eigenvalue weighted by Crippen LogP contribution is -2.48. The maximum atomic E-state index is 10.7. The van der Waals surface area contributed by atoms with Crippen LogP contribution in [-0.2, 0) is 4.79 Å². The van der Waals surface area contributed by atoms with Gasteiger partial charge in [-0.15, -0.1) is 0 Å². The zero-order valence-corrected chi connectivity index (χ0v) is 10.4. The molecular weight excluding hydrogens is 206 g/mol. The third-order valence-electron chi connectivity index (χ3n) is 3.53. The number of nitrogens with one attached hydrogen (secondary N) is 1. The van der Waals surface area contributed by atoms with Crippen LogP contribution in [0.25, 0.3) is 0 Å². The number of aliphatic carboxylic acids is 1. The molecule has 1 aliphatic rings. The zero-order valence-electron chi connectivity index (χ0n) is 10.4. The first kappa shape index (κ1) is 13.5. The molecule has 1 aliphatic carbocycles. The minimum Gasteiger partial charge on any atom is -0.479 e. The molecule has 0 aromatic carbocycles. The summed E-state index contributed by atoms with van der Waals surface area (Å²) in [6, 6.07) is 0.346. The van der Waals surface area contributed by atoms with E-state index in [4.69, 9.17) is 5.11 Å². The quantitative estimate of drug-likeness (QED) is 0.681. The van der Waals surface area contributed by atoms with Crippen LogP contribution in [0.1, 0.15) is 46.5 Å². The Kier molecular flexibility index (Phi) is 3.97. The van der Waals surface area contributed by atoms with Gasteiger partial charge >= 0.3 is 5.97 Å². The molecule has 1 fully saturated rings. The number of carboxylic acid groups (broad SMARTS) is 1. The highest BCUT2D eigenvalue weighted by atomic mass is 16.4. The van der Waals surface area contributed by atoms with Crippen molar-refractivity contribution in [3.63, 3.8) is 0 Å². The van der Waals surface area contributed by atoms with Gasteiger partial charge in [-0.05, 0) is 38.0 Å². The summed E-state index contributed by atoms with van der Waals surface area (Å²) in [4.78, 5) is 10.7. The van der Waals surface area contributed by atoms with E-state index in [2.05, 4.69) is 19.2 Å². The molecule has 0 amide bonds. The predicted molar refractivity (Wildman–Crippen MR) is 62.3 cm³/mol. The number of hydrogen-bond donors (Lipinski definition) is 3. The van der Waals surface area contributed by atoms with Crippen molar-refractivity contribution in [3.8, 4) is 0 Å². The second kappa shape index (κ2) is 4.72. The topological polar surface area (TPSA) is 69.6 Å². The Hall–Kier alpha value is -0.610. The highest BCUT2D eigenvalue weighted by Gasteiger charge is 2.32. The fourth-order valence-corrected chi connectivity index (χ4v) is 2.02. The van der Waals surface area contributed by atoms with Crippen molar-refractivity contribution in [2.45, 2.75) is 58.1 Å². The van der Waals surface area contributed by atoms with E-state index >= 15 is 0 Å². The molecule has 0 aliphatic heterocycles. The number of hydrogen-bond acceptors (Lipinski definition) is 3. The molecule has 1 rings (SSSR count). The molecule has 0 saturated heterocycles. The monoisotopic (exact) mass is 229 g/mol. The molecule has 0 aromatic heterocycles. The van der Waals surface area contributed by atoms with Crippen molar-refractivity contribution in [2.75, 3.05) is 6.54 Å². The summed E-state index contributed by atoms with van der Waals surface area (Å²) < 4.78 is 0. The van der Waals surface area contributed by atoms with Gasteiger partial charge in [0.1, 0.15) is 0 Å². The lowest BCUT2D eigenvalue weighted by molar-refractivity contribution is -0.156. The van der Waals surface area contributed by atoms with Crippen molar-refractivity contribution in [3.05, 3.63) is 0 Å². The zero-order chi connectivity index (χ0) is 12.4. The summed E-state index contributed by atoms with van der Waals surface area (Å²) in [7, 11) is 0. The number of rotatable bonds is 4. The van der Waals surface area contributed by atoms with E-state index in [0.29, 0.717) is 11.5 Å². The Bertz CT molecular complexity index is 251. The lowest BCUT2D eigenvalue weighted by Gasteiger charge is -2.35. The summed E-state index contributed by atoms with van der Waals surface area (Å²) in [6.45, 7) is 5.97. The van der Waals surface area contributed by atoms with E-state index in [0.717, 1.165) is 25.7 Å². The first-order chi connectivity index (χ1) is 7.23. The smallest absolute Gasteiger partial charge is 0.336 e. The largest absolute Gasteiger partial charge is 0.479 e. The average Bonchev–Trinajstić information content (AvgIpc) is 2.16. The van der Waals surface area contributed by atoms with Crippen LogP contribution in [-0.4, -0.2) is 34.4 Å². The number of carboxylic acids is 1. The molecule has 0 heterocycles. The number of aliphatic hydroxyl groups is 1. The summed E-state index contributed by atoms with van der Waals surface area (Å²) in [5.41, 5.74) is -1.25. The highest BCUT2D eigenvalue weighted by Crippen LogP contribution is 2.34. The summed E-state index contributed by atoms with van der Waals surface area (Å²) in [6.07, 6.45) is 4.42. The Morgan fingerprint density at radius 2 is 1.94 bits per heavy atom. The normalized spacial score (nSPS) is 25.0. The van der Waals surface area contributed by atoms with Crippen LogP contribution in [0.15, 0.2) is 0 Å². The van der Waals surface area contributed by atoms with Gasteiger partial charge in [0.2, 0.25) is 0 Å². The minimum atomic E-state index is -1.66. The maximum absolute atomic E-state index is 10.7. The molecule has 3 N–H and O–H groups in total. The molecule has 16 heavy (non-hydrogen) atoms. The third kappa shape index (κ3) is 3.76. The first-order valence-corrected chi connectivity index (χ1v) is 5.92. The molecule has 1 unspecified atom stereocenters. The SMILES string of the molecule is CC1(C)CCC(NCC(C)(O)C(=O)O)CC1. The highest BCUT2D eigenvalue weighted by molar-refractivity contribution is 5.76. The van der Waals surface area contributed by atoms with Crippen LogP contribution in [0, 0.1) is 5.41 Å². The molecule has 1 saturated carbocycles. The van der Waals surface area contributed by atoms with Gasteiger partial charge in [0.25, 0.3) is 0 Å². The van der Waals surface area contributed by atoms with Gasteiger partial charge in [-0.3, -0.25) is 0 Å². The van der Waals surface area contributed by atoms with E-state index < -0.39 is 11.6 Å². The van der Waals surface area contributed by atoms with Gasteiger partial charge in [-0.2, -0.15) is 0 Å². The molecule has 0 spiro atoms. The van der Waals surface area contributed by atoms with Gasteiger partial charge in [0, 0.05) is 12.6 Å². The van der Waals surface area contributed by atoms with Gasteiger partial charge in [-0.25, -0.2) is 4.79 Å². The van der Waals surface area contributed by atoms with Crippen molar-refractivity contribution in [2.24, 2.45) is 5.41 Å². The maximum Gasteiger partial charge on any atom is 0.336 e. The molecule has 0 bridgehead atoms. The van der Waals surface area contributed by atoms with E-state index in [1.54, 1.807) is 0 Å². The van der Waals surface area contributed by atoms with E-state index in [9.17, 15) is 9.90 Å². The van der Waals surface area contributed by atoms with Crippen molar-refractivity contribution in [1.29, 1.82) is 0 Å². The second-order valence-electron chi connectivity index (χ2n) is 5.90. The van der Waals surface area contributed by atoms with Crippen LogP contribution in [0.5, 0.6) is 0 Å². The van der Waals surface area contributed by atoms with Crippen molar-refractivity contribution < 1.29 is 15.0 Å². The lowest BCUT2D eigenvalue weighted by atomic mass is 9.75. The third-order valence-corrected chi connectivity index (χ3v) is 3.53. The van der Waals surface area contributed by atoms with Crippen molar-refractivity contribution in [1.82, 2.24) is 5.32 Å². The Labute approximate surface area is 97.0 Å². The molecule has 1 atom stereocenters. The second-order valence-corrected chi connectivity index (χ2v) is 5.90. The molecule has 0 radical (unpaired) electrons. The van der Waals surface area contributed by atoms with Crippen LogP contribution >= 0.6 is 0 Å². The molecule has 94 valence electrons.